The van der Waals surface area contributed by atoms with Crippen LogP contribution >= 0.6 is 0 Å². The van der Waals surface area contributed by atoms with Crippen LogP contribution in [-0.4, -0.2) is 37.7 Å². The molecular formula is C19H18O6. The van der Waals surface area contributed by atoms with E-state index in [-0.39, 0.29) is 5.78 Å². The summed E-state index contributed by atoms with van der Waals surface area (Å²) < 4.78 is 15.5. The molecule has 0 bridgehead atoms. The van der Waals surface area contributed by atoms with Crippen molar-refractivity contribution in [1.29, 1.82) is 0 Å². The Hall–Kier alpha value is -3.28. The summed E-state index contributed by atoms with van der Waals surface area (Å²) >= 11 is 0. The van der Waals surface area contributed by atoms with Gasteiger partial charge in [0.15, 0.2) is 12.4 Å². The number of rotatable bonds is 8. The monoisotopic (exact) mass is 342 g/mol. The number of carbonyl (C=O) groups is 2. The molecule has 2 rings (SSSR count). The summed E-state index contributed by atoms with van der Waals surface area (Å²) in [4.78, 5) is 22.8. The van der Waals surface area contributed by atoms with Crippen molar-refractivity contribution in [2.24, 2.45) is 0 Å². The first-order valence-electron chi connectivity index (χ1n) is 7.42. The zero-order valence-electron chi connectivity index (χ0n) is 13.9. The summed E-state index contributed by atoms with van der Waals surface area (Å²) in [6, 6.07) is 11.6. The number of ketones is 1. The summed E-state index contributed by atoms with van der Waals surface area (Å²) in [7, 11) is 3.10. The van der Waals surface area contributed by atoms with Gasteiger partial charge in [-0.3, -0.25) is 4.79 Å². The maximum absolute atomic E-state index is 12.3. The molecular weight excluding hydrogens is 324 g/mol. The van der Waals surface area contributed by atoms with Gasteiger partial charge in [0.05, 0.1) is 14.2 Å². The van der Waals surface area contributed by atoms with E-state index in [0.717, 1.165) is 5.56 Å². The Bertz CT molecular complexity index is 794. The predicted molar refractivity (Wildman–Crippen MR) is 92.5 cm³/mol. The molecule has 0 amide bonds. The van der Waals surface area contributed by atoms with E-state index < -0.39 is 12.6 Å². The minimum Gasteiger partial charge on any atom is -0.497 e. The highest BCUT2D eigenvalue weighted by molar-refractivity contribution is 6.07. The van der Waals surface area contributed by atoms with Gasteiger partial charge >= 0.3 is 5.97 Å². The average molecular weight is 342 g/mol. The van der Waals surface area contributed by atoms with Crippen LogP contribution in [0.2, 0.25) is 0 Å². The number of ether oxygens (including phenoxy) is 3. The molecule has 0 radical (unpaired) electrons. The molecule has 0 saturated heterocycles. The van der Waals surface area contributed by atoms with Crippen LogP contribution in [0.25, 0.3) is 6.08 Å². The largest absolute Gasteiger partial charge is 0.497 e. The lowest BCUT2D eigenvalue weighted by atomic mass is 10.1. The predicted octanol–water partition coefficient (Wildman–Crippen LogP) is 3.06. The second-order valence-corrected chi connectivity index (χ2v) is 5.02. The number of hydrogen-bond donors (Lipinski definition) is 1. The number of methoxy groups -OCH3 is 2. The molecule has 0 fully saturated rings. The van der Waals surface area contributed by atoms with Crippen LogP contribution in [0, 0.1) is 0 Å². The highest BCUT2D eigenvalue weighted by Gasteiger charge is 2.07. The van der Waals surface area contributed by atoms with Gasteiger partial charge in [0.1, 0.15) is 17.2 Å². The lowest BCUT2D eigenvalue weighted by Gasteiger charge is -2.07. The maximum Gasteiger partial charge on any atom is 0.341 e. The first kappa shape index (κ1) is 18.1. The van der Waals surface area contributed by atoms with E-state index in [0.29, 0.717) is 22.8 Å². The minimum atomic E-state index is -1.08. The van der Waals surface area contributed by atoms with Crippen LogP contribution in [0.1, 0.15) is 15.9 Å². The van der Waals surface area contributed by atoms with Gasteiger partial charge < -0.3 is 19.3 Å². The highest BCUT2D eigenvalue weighted by atomic mass is 16.5. The lowest BCUT2D eigenvalue weighted by molar-refractivity contribution is -0.139. The standard InChI is InChI=1S/C19H18O6/c1-23-15-8-6-13(18(11-15)24-2)7-9-17(20)14-4-3-5-16(10-14)25-12-19(21)22/h3-11H,12H2,1-2H3,(H,21,22)/b9-7+. The Balaban J connectivity index is 2.15. The molecule has 2 aromatic rings. The van der Waals surface area contributed by atoms with Crippen molar-refractivity contribution < 1.29 is 28.9 Å². The summed E-state index contributed by atoms with van der Waals surface area (Å²) in [5, 5.41) is 8.63. The number of carboxylic acid groups (broad SMARTS) is 1. The van der Waals surface area contributed by atoms with E-state index in [1.165, 1.54) is 19.3 Å². The second-order valence-electron chi connectivity index (χ2n) is 5.02. The van der Waals surface area contributed by atoms with Crippen molar-refractivity contribution in [2.45, 2.75) is 0 Å². The fourth-order valence-electron chi connectivity index (χ4n) is 2.10. The normalized spacial score (nSPS) is 10.5. The van der Waals surface area contributed by atoms with Crippen molar-refractivity contribution >= 4 is 17.8 Å². The first-order valence-corrected chi connectivity index (χ1v) is 7.42. The third-order valence-corrected chi connectivity index (χ3v) is 3.34. The van der Waals surface area contributed by atoms with Gasteiger partial charge in [0.25, 0.3) is 0 Å². The van der Waals surface area contributed by atoms with Gasteiger partial charge in [0, 0.05) is 17.2 Å². The summed E-state index contributed by atoms with van der Waals surface area (Å²) in [6.45, 7) is -0.462. The number of carbonyl (C=O) groups excluding carboxylic acids is 1. The summed E-state index contributed by atoms with van der Waals surface area (Å²) in [5.41, 5.74) is 1.13. The highest BCUT2D eigenvalue weighted by Crippen LogP contribution is 2.25. The molecule has 0 aromatic heterocycles. The smallest absolute Gasteiger partial charge is 0.341 e. The molecule has 6 nitrogen and oxygen atoms in total. The van der Waals surface area contributed by atoms with Crippen molar-refractivity contribution in [3.8, 4) is 17.2 Å². The van der Waals surface area contributed by atoms with Gasteiger partial charge in [-0.15, -0.1) is 0 Å². The number of aliphatic carboxylic acids is 1. The van der Waals surface area contributed by atoms with Crippen molar-refractivity contribution in [3.63, 3.8) is 0 Å². The molecule has 0 spiro atoms. The van der Waals surface area contributed by atoms with E-state index in [1.54, 1.807) is 49.6 Å². The van der Waals surface area contributed by atoms with E-state index in [4.69, 9.17) is 19.3 Å². The molecule has 0 heterocycles. The molecule has 0 saturated carbocycles. The van der Waals surface area contributed by atoms with E-state index in [2.05, 4.69) is 0 Å². The van der Waals surface area contributed by atoms with Gasteiger partial charge in [-0.1, -0.05) is 12.1 Å². The summed E-state index contributed by atoms with van der Waals surface area (Å²) in [6.07, 6.45) is 3.06. The van der Waals surface area contributed by atoms with Crippen molar-refractivity contribution in [3.05, 3.63) is 59.7 Å². The zero-order valence-corrected chi connectivity index (χ0v) is 13.9. The topological polar surface area (TPSA) is 82.1 Å². The Labute approximate surface area is 145 Å². The average Bonchev–Trinajstić information content (AvgIpc) is 2.64. The quantitative estimate of drug-likeness (QED) is 0.586. The number of carboxylic acids is 1. The Morgan fingerprint density at radius 2 is 1.84 bits per heavy atom. The van der Waals surface area contributed by atoms with Crippen LogP contribution in [0.3, 0.4) is 0 Å². The van der Waals surface area contributed by atoms with Gasteiger partial charge in [0.2, 0.25) is 0 Å². The third-order valence-electron chi connectivity index (χ3n) is 3.34. The van der Waals surface area contributed by atoms with E-state index in [9.17, 15) is 9.59 Å². The summed E-state index contributed by atoms with van der Waals surface area (Å²) in [5.74, 6) is 0.246. The lowest BCUT2D eigenvalue weighted by Crippen LogP contribution is -2.09. The van der Waals surface area contributed by atoms with Crippen LogP contribution < -0.4 is 14.2 Å². The molecule has 25 heavy (non-hydrogen) atoms. The number of benzene rings is 2. The van der Waals surface area contributed by atoms with Crippen LogP contribution in [-0.2, 0) is 4.79 Å². The first-order chi connectivity index (χ1) is 12.0. The molecule has 0 atom stereocenters. The molecule has 0 aliphatic rings. The molecule has 130 valence electrons. The van der Waals surface area contributed by atoms with Crippen LogP contribution in [0.4, 0.5) is 0 Å². The second kappa shape index (κ2) is 8.54. The Morgan fingerprint density at radius 3 is 2.52 bits per heavy atom. The molecule has 1 N–H and O–H groups in total. The van der Waals surface area contributed by atoms with Crippen LogP contribution in [0.5, 0.6) is 17.2 Å². The fraction of sp³-hybridized carbons (Fsp3) is 0.158. The molecule has 2 aromatic carbocycles. The molecule has 6 heteroatoms. The van der Waals surface area contributed by atoms with Gasteiger partial charge in [-0.05, 0) is 36.4 Å². The minimum absolute atomic E-state index is 0.237. The SMILES string of the molecule is COc1ccc(/C=C/C(=O)c2cccc(OCC(=O)O)c2)c(OC)c1. The van der Waals surface area contributed by atoms with E-state index >= 15 is 0 Å². The maximum atomic E-state index is 12.3. The zero-order chi connectivity index (χ0) is 18.2. The molecule has 0 unspecified atom stereocenters. The number of allylic oxidation sites excluding steroid dienone is 1. The van der Waals surface area contributed by atoms with E-state index in [1.807, 2.05) is 0 Å². The van der Waals surface area contributed by atoms with Crippen molar-refractivity contribution in [1.82, 2.24) is 0 Å². The Kier molecular flexibility index (Phi) is 6.17. The van der Waals surface area contributed by atoms with Crippen LogP contribution in [0.15, 0.2) is 48.5 Å². The molecule has 0 aliphatic heterocycles. The Morgan fingerprint density at radius 1 is 1.04 bits per heavy atom. The number of hydrogen-bond acceptors (Lipinski definition) is 5. The van der Waals surface area contributed by atoms with Crippen molar-refractivity contribution in [2.75, 3.05) is 20.8 Å². The third kappa shape index (κ3) is 5.10. The van der Waals surface area contributed by atoms with Gasteiger partial charge in [-0.25, -0.2) is 4.79 Å². The fourth-order valence-corrected chi connectivity index (χ4v) is 2.10. The molecule has 0 aliphatic carbocycles. The van der Waals surface area contributed by atoms with Gasteiger partial charge in [-0.2, -0.15) is 0 Å².